The van der Waals surface area contributed by atoms with Gasteiger partial charge >= 0.3 is 0 Å². The van der Waals surface area contributed by atoms with E-state index in [4.69, 9.17) is 0 Å². The number of hydrogen-bond donors (Lipinski definition) is 1. The second kappa shape index (κ2) is 5.38. The number of rotatable bonds is 3. The molecule has 2 saturated heterocycles. The van der Waals surface area contributed by atoms with E-state index in [2.05, 4.69) is 10.3 Å². The van der Waals surface area contributed by atoms with E-state index < -0.39 is 10.0 Å². The lowest BCUT2D eigenvalue weighted by atomic mass is 9.99. The normalized spacial score (nSPS) is 29.3. The summed E-state index contributed by atoms with van der Waals surface area (Å²) in [5.41, 5.74) is 0.586. The highest BCUT2D eigenvalue weighted by molar-refractivity contribution is 7.88. The Hall–Kier alpha value is -1.47. The van der Waals surface area contributed by atoms with Crippen LogP contribution in [0.2, 0.25) is 0 Å². The van der Waals surface area contributed by atoms with Gasteiger partial charge in [-0.2, -0.15) is 4.31 Å². The summed E-state index contributed by atoms with van der Waals surface area (Å²) in [5.74, 6) is -0.116. The number of piperidine rings is 1. The van der Waals surface area contributed by atoms with Crippen LogP contribution in [0.15, 0.2) is 24.5 Å². The van der Waals surface area contributed by atoms with E-state index in [1.54, 1.807) is 28.8 Å². The lowest BCUT2D eigenvalue weighted by Gasteiger charge is -2.37. The second-order valence-corrected chi connectivity index (χ2v) is 7.74. The van der Waals surface area contributed by atoms with Gasteiger partial charge in [0, 0.05) is 36.1 Å². The van der Waals surface area contributed by atoms with Gasteiger partial charge in [-0.1, -0.05) is 0 Å². The third kappa shape index (κ3) is 2.94. The molecule has 0 radical (unpaired) electrons. The number of pyridine rings is 1. The molecule has 0 aromatic carbocycles. The van der Waals surface area contributed by atoms with Crippen molar-refractivity contribution in [3.63, 3.8) is 0 Å². The number of aromatic nitrogens is 1. The molecule has 1 N–H and O–H groups in total. The van der Waals surface area contributed by atoms with Crippen LogP contribution in [-0.2, 0) is 10.0 Å². The molecule has 2 unspecified atom stereocenters. The summed E-state index contributed by atoms with van der Waals surface area (Å²) in [5, 5.41) is 3.02. The van der Waals surface area contributed by atoms with E-state index >= 15 is 0 Å². The summed E-state index contributed by atoms with van der Waals surface area (Å²) in [7, 11) is -3.15. The Bertz CT molecular complexity index is 618. The number of carbonyl (C=O) groups excluding carboxylic acids is 1. The Kier molecular flexibility index (Phi) is 3.71. The van der Waals surface area contributed by atoms with Crippen LogP contribution >= 0.6 is 0 Å². The van der Waals surface area contributed by atoms with Crippen molar-refractivity contribution >= 4 is 15.9 Å². The molecule has 1 aromatic rings. The molecular weight excluding hydrogens is 290 g/mol. The van der Waals surface area contributed by atoms with E-state index in [0.29, 0.717) is 18.4 Å². The van der Waals surface area contributed by atoms with Gasteiger partial charge in [0.1, 0.15) is 0 Å². The molecule has 3 rings (SSSR count). The first-order chi connectivity index (χ1) is 9.95. The first-order valence-corrected chi connectivity index (χ1v) is 8.99. The molecule has 1 amide bonds. The van der Waals surface area contributed by atoms with E-state index in [-0.39, 0.29) is 24.0 Å². The topological polar surface area (TPSA) is 79.4 Å². The van der Waals surface area contributed by atoms with Crippen molar-refractivity contribution < 1.29 is 13.2 Å². The fraction of sp³-hybridized carbons (Fsp3) is 0.571. The summed E-state index contributed by atoms with van der Waals surface area (Å²) >= 11 is 0. The van der Waals surface area contributed by atoms with Crippen molar-refractivity contribution in [1.29, 1.82) is 0 Å². The van der Waals surface area contributed by atoms with Crippen molar-refractivity contribution in [2.75, 3.05) is 6.26 Å². The number of amides is 1. The highest BCUT2D eigenvalue weighted by Gasteiger charge is 2.45. The summed E-state index contributed by atoms with van der Waals surface area (Å²) in [6.07, 6.45) is 7.61. The van der Waals surface area contributed by atoms with Crippen LogP contribution in [0.25, 0.3) is 0 Å². The molecular formula is C14H19N3O3S. The van der Waals surface area contributed by atoms with Gasteiger partial charge in [-0.3, -0.25) is 9.78 Å². The molecule has 114 valence electrons. The van der Waals surface area contributed by atoms with Gasteiger partial charge in [-0.15, -0.1) is 0 Å². The van der Waals surface area contributed by atoms with Crippen LogP contribution in [0.1, 0.15) is 36.0 Å². The van der Waals surface area contributed by atoms with Gasteiger partial charge in [-0.05, 0) is 37.8 Å². The van der Waals surface area contributed by atoms with Crippen molar-refractivity contribution in [3.8, 4) is 0 Å². The first-order valence-electron chi connectivity index (χ1n) is 7.14. The largest absolute Gasteiger partial charge is 0.349 e. The van der Waals surface area contributed by atoms with E-state index in [1.807, 2.05) is 0 Å². The number of nitrogens with zero attached hydrogens (tertiary/aromatic N) is 2. The standard InChI is InChI=1S/C14H19N3O3S/c1-21(19,20)17-12-2-3-13(17)9-11(8-12)16-14(18)10-4-6-15-7-5-10/h4-7,11-13H,2-3,8-9H2,1H3,(H,16,18). The van der Waals surface area contributed by atoms with Crippen LogP contribution < -0.4 is 5.32 Å². The molecule has 0 spiro atoms. The number of nitrogens with one attached hydrogen (secondary N) is 1. The Morgan fingerprint density at radius 1 is 1.24 bits per heavy atom. The Morgan fingerprint density at radius 3 is 2.33 bits per heavy atom. The summed E-state index contributed by atoms with van der Waals surface area (Å²) in [6.45, 7) is 0. The molecule has 0 saturated carbocycles. The maximum atomic E-state index is 12.2. The minimum Gasteiger partial charge on any atom is -0.349 e. The average Bonchev–Trinajstić information content (AvgIpc) is 2.72. The Morgan fingerprint density at radius 2 is 1.81 bits per heavy atom. The van der Waals surface area contributed by atoms with Crippen LogP contribution in [0.3, 0.4) is 0 Å². The van der Waals surface area contributed by atoms with Gasteiger partial charge < -0.3 is 5.32 Å². The van der Waals surface area contributed by atoms with Crippen molar-refractivity contribution in [2.45, 2.75) is 43.8 Å². The van der Waals surface area contributed by atoms with Crippen LogP contribution in [0.5, 0.6) is 0 Å². The molecule has 7 heteroatoms. The van der Waals surface area contributed by atoms with Crippen LogP contribution in [0, 0.1) is 0 Å². The van der Waals surface area contributed by atoms with Crippen LogP contribution in [-0.4, -0.2) is 48.0 Å². The van der Waals surface area contributed by atoms with Gasteiger partial charge in [0.05, 0.1) is 6.26 Å². The zero-order valence-electron chi connectivity index (χ0n) is 11.9. The molecule has 2 bridgehead atoms. The maximum Gasteiger partial charge on any atom is 0.251 e. The van der Waals surface area contributed by atoms with Gasteiger partial charge in [0.25, 0.3) is 5.91 Å². The molecule has 6 nitrogen and oxygen atoms in total. The van der Waals surface area contributed by atoms with Gasteiger partial charge in [-0.25, -0.2) is 8.42 Å². The zero-order valence-corrected chi connectivity index (χ0v) is 12.7. The Balaban J connectivity index is 1.67. The predicted molar refractivity (Wildman–Crippen MR) is 78.2 cm³/mol. The third-order valence-electron chi connectivity index (χ3n) is 4.33. The molecule has 2 aliphatic heterocycles. The highest BCUT2D eigenvalue weighted by atomic mass is 32.2. The minimum absolute atomic E-state index is 0.0292. The lowest BCUT2D eigenvalue weighted by molar-refractivity contribution is 0.0909. The van der Waals surface area contributed by atoms with Crippen LogP contribution in [0.4, 0.5) is 0 Å². The molecule has 2 aliphatic rings. The fourth-order valence-corrected chi connectivity index (χ4v) is 5.03. The monoisotopic (exact) mass is 309 g/mol. The van der Waals surface area contributed by atoms with Crippen molar-refractivity contribution in [3.05, 3.63) is 30.1 Å². The highest BCUT2D eigenvalue weighted by Crippen LogP contribution is 2.37. The lowest BCUT2D eigenvalue weighted by Crippen LogP contribution is -2.52. The SMILES string of the molecule is CS(=O)(=O)N1C2CCC1CC(NC(=O)c1ccncc1)C2. The minimum atomic E-state index is -3.15. The third-order valence-corrected chi connectivity index (χ3v) is 5.69. The fourth-order valence-electron chi connectivity index (χ4n) is 3.57. The Labute approximate surface area is 124 Å². The quantitative estimate of drug-likeness (QED) is 0.894. The van der Waals surface area contributed by atoms with Gasteiger partial charge in [0.2, 0.25) is 10.0 Å². The van der Waals surface area contributed by atoms with Crippen molar-refractivity contribution in [2.24, 2.45) is 0 Å². The summed E-state index contributed by atoms with van der Waals surface area (Å²) in [6, 6.07) is 3.45. The van der Waals surface area contributed by atoms with E-state index in [0.717, 1.165) is 12.8 Å². The molecule has 3 heterocycles. The summed E-state index contributed by atoms with van der Waals surface area (Å²) in [4.78, 5) is 16.0. The predicted octanol–water partition coefficient (Wildman–Crippen LogP) is 0.766. The summed E-state index contributed by atoms with van der Waals surface area (Å²) < 4.78 is 25.3. The number of fused-ring (bicyclic) bond motifs is 2. The van der Waals surface area contributed by atoms with E-state index in [9.17, 15) is 13.2 Å². The molecule has 1 aromatic heterocycles. The average molecular weight is 309 g/mol. The van der Waals surface area contributed by atoms with E-state index in [1.165, 1.54) is 6.26 Å². The molecule has 2 atom stereocenters. The molecule has 21 heavy (non-hydrogen) atoms. The number of hydrogen-bond acceptors (Lipinski definition) is 4. The molecule has 0 aliphatic carbocycles. The number of sulfonamides is 1. The van der Waals surface area contributed by atoms with Gasteiger partial charge in [0.15, 0.2) is 0 Å². The smallest absolute Gasteiger partial charge is 0.251 e. The second-order valence-electron chi connectivity index (χ2n) is 5.86. The number of carbonyl (C=O) groups is 1. The maximum absolute atomic E-state index is 12.2. The van der Waals surface area contributed by atoms with Crippen molar-refractivity contribution in [1.82, 2.24) is 14.6 Å². The molecule has 2 fully saturated rings. The zero-order chi connectivity index (χ0) is 15.0. The first kappa shape index (κ1) is 14.5.